The molecule has 0 bridgehead atoms. The molecule has 0 aromatic rings. The van der Waals surface area contributed by atoms with Gasteiger partial charge in [-0.05, 0) is 42.3 Å². The van der Waals surface area contributed by atoms with Crippen molar-refractivity contribution < 1.29 is 28.8 Å². The Hall–Kier alpha value is 1.24. The van der Waals surface area contributed by atoms with E-state index in [1.807, 2.05) is 0 Å². The molecule has 1 fully saturated rings. The molecule has 0 aliphatic carbocycles. The van der Waals surface area contributed by atoms with E-state index in [-0.39, 0.29) is 0 Å². The van der Waals surface area contributed by atoms with Gasteiger partial charge in [0.15, 0.2) is 0 Å². The second-order valence-electron chi connectivity index (χ2n) is 5.79. The van der Waals surface area contributed by atoms with Crippen molar-refractivity contribution in [2.75, 3.05) is 0 Å². The van der Waals surface area contributed by atoms with Crippen molar-refractivity contribution in [1.29, 1.82) is 0 Å². The first-order valence-corrected chi connectivity index (χ1v) is 20.9. The Morgan fingerprint density at radius 1 is 0.286 bits per heavy atom. The molecular weight excluding hydrogens is 477 g/mol. The van der Waals surface area contributed by atoms with Gasteiger partial charge in [0.25, 0.3) is 0 Å². The molecule has 1 heterocycles. The molecule has 14 heteroatoms. The molecule has 0 N–H and O–H groups in total. The van der Waals surface area contributed by atoms with Crippen LogP contribution in [0.4, 0.5) is 0 Å². The van der Waals surface area contributed by atoms with Gasteiger partial charge in [-0.2, -0.15) is 0 Å². The third-order valence-corrected chi connectivity index (χ3v) is 20.4. The molecule has 7 nitrogen and oxygen atoms in total. The average molecular weight is 512 g/mol. The first kappa shape index (κ1) is 27.3. The maximum Gasteiger partial charge on any atom is 0.365 e. The highest BCUT2D eigenvalue weighted by atomic mass is 28.5. The first-order chi connectivity index (χ1) is 13.5. The Morgan fingerprint density at radius 3 is 0.464 bits per heavy atom. The normalized spacial score (nSPS) is 23.2. The Labute approximate surface area is 184 Å². The van der Waals surface area contributed by atoms with Gasteiger partial charge in [-0.3, -0.25) is 0 Å². The third kappa shape index (κ3) is 10.0. The van der Waals surface area contributed by atoms with Crippen LogP contribution in [0.15, 0.2) is 0 Å². The summed E-state index contributed by atoms with van der Waals surface area (Å²) < 4.78 is 44.3. The van der Waals surface area contributed by atoms with Crippen LogP contribution in [0, 0.1) is 0 Å². The van der Waals surface area contributed by atoms with Gasteiger partial charge < -0.3 is 28.8 Å². The van der Waals surface area contributed by atoms with Crippen molar-refractivity contribution in [3.05, 3.63) is 0 Å². The topological polar surface area (TPSA) is 64.6 Å². The number of hydrogen-bond acceptors (Lipinski definition) is 7. The van der Waals surface area contributed by atoms with E-state index < -0.39 is 65.0 Å². The van der Waals surface area contributed by atoms with Crippen LogP contribution in [-0.2, 0) is 28.8 Å². The summed E-state index contributed by atoms with van der Waals surface area (Å²) in [4.78, 5) is 0. The minimum Gasteiger partial charge on any atom is -0.414 e. The minimum atomic E-state index is -1.41. The fourth-order valence-corrected chi connectivity index (χ4v) is 21.0. The summed E-state index contributed by atoms with van der Waals surface area (Å²) in [5, 5.41) is 0. The lowest BCUT2D eigenvalue weighted by Gasteiger charge is -2.30. The maximum atomic E-state index is 6.34. The van der Waals surface area contributed by atoms with E-state index >= 15 is 0 Å². The fraction of sp³-hybridized carbons (Fsp3) is 1.00. The minimum absolute atomic E-state index is 0.876. The lowest BCUT2D eigenvalue weighted by Crippen LogP contribution is -2.47. The van der Waals surface area contributed by atoms with Gasteiger partial charge in [-0.15, -0.1) is 0 Å². The SMILES string of the molecule is CC[Si]1O[Si](CC)O[Si](CC)O[Si](CC)O[Si](CC)O[Si](CC)O[Si](CC)O1. The van der Waals surface area contributed by atoms with Gasteiger partial charge in [0.1, 0.15) is 0 Å². The zero-order chi connectivity index (χ0) is 20.9. The zero-order valence-electron chi connectivity index (χ0n) is 18.3. The predicted octanol–water partition coefficient (Wildman–Crippen LogP) is 3.67. The van der Waals surface area contributed by atoms with Crippen molar-refractivity contribution in [3.8, 4) is 0 Å². The lowest BCUT2D eigenvalue weighted by atomic mass is 11.0. The molecule has 161 valence electrons. The molecule has 1 saturated heterocycles. The highest BCUT2D eigenvalue weighted by Gasteiger charge is 2.36. The molecule has 1 rings (SSSR count). The molecule has 1 aliphatic rings. The predicted molar refractivity (Wildman–Crippen MR) is 121 cm³/mol. The van der Waals surface area contributed by atoms with E-state index in [9.17, 15) is 0 Å². The zero-order valence-corrected chi connectivity index (χ0v) is 25.3. The molecule has 7 radical (unpaired) electrons. The monoisotopic (exact) mass is 511 g/mol. The van der Waals surface area contributed by atoms with Crippen molar-refractivity contribution in [1.82, 2.24) is 0 Å². The molecule has 0 aromatic heterocycles. The van der Waals surface area contributed by atoms with Gasteiger partial charge >= 0.3 is 65.0 Å². The van der Waals surface area contributed by atoms with E-state index in [1.165, 1.54) is 0 Å². The lowest BCUT2D eigenvalue weighted by molar-refractivity contribution is 0.283. The third-order valence-electron chi connectivity index (χ3n) is 3.61. The maximum absolute atomic E-state index is 6.34. The van der Waals surface area contributed by atoms with Crippen molar-refractivity contribution in [2.24, 2.45) is 0 Å². The fourth-order valence-electron chi connectivity index (χ4n) is 2.04. The van der Waals surface area contributed by atoms with Crippen molar-refractivity contribution >= 4 is 65.0 Å². The van der Waals surface area contributed by atoms with E-state index in [1.54, 1.807) is 0 Å². The summed E-state index contributed by atoms with van der Waals surface area (Å²) >= 11 is 0. The summed E-state index contributed by atoms with van der Waals surface area (Å²) in [7, 11) is -9.85. The Balaban J connectivity index is 3.04. The van der Waals surface area contributed by atoms with Gasteiger partial charge in [0.2, 0.25) is 0 Å². The molecule has 0 spiro atoms. The van der Waals surface area contributed by atoms with Crippen LogP contribution in [0.25, 0.3) is 0 Å². The van der Waals surface area contributed by atoms with Gasteiger partial charge in [0, 0.05) is 0 Å². The molecule has 28 heavy (non-hydrogen) atoms. The molecule has 0 amide bonds. The van der Waals surface area contributed by atoms with Crippen LogP contribution >= 0.6 is 0 Å². The van der Waals surface area contributed by atoms with Crippen LogP contribution in [0.1, 0.15) is 48.5 Å². The summed E-state index contributed by atoms with van der Waals surface area (Å²) in [5.41, 5.74) is 0. The highest BCUT2D eigenvalue weighted by molar-refractivity contribution is 6.74. The molecule has 0 atom stereocenters. The van der Waals surface area contributed by atoms with E-state index in [0.717, 1.165) is 42.3 Å². The molecule has 0 unspecified atom stereocenters. The van der Waals surface area contributed by atoms with Crippen LogP contribution in [0.5, 0.6) is 0 Å². The Kier molecular flexibility index (Phi) is 15.5. The van der Waals surface area contributed by atoms with Crippen LogP contribution < -0.4 is 0 Å². The van der Waals surface area contributed by atoms with Gasteiger partial charge in [0.05, 0.1) is 0 Å². The molecule has 0 aromatic carbocycles. The smallest absolute Gasteiger partial charge is 0.365 e. The molecule has 0 saturated carbocycles. The van der Waals surface area contributed by atoms with E-state index in [0.29, 0.717) is 0 Å². The summed E-state index contributed by atoms with van der Waals surface area (Å²) in [6, 6.07) is 6.13. The molecular formula is C14H35O7Si7. The summed E-state index contributed by atoms with van der Waals surface area (Å²) in [5.74, 6) is 0. The first-order valence-electron chi connectivity index (χ1n) is 10.3. The number of rotatable bonds is 7. The van der Waals surface area contributed by atoms with Crippen LogP contribution in [0.3, 0.4) is 0 Å². The standard InChI is InChI=1S/C14H35O7Si7/c1-8-22-15-23(9-2)17-25(11-4)19-27(13-6)21-28(14-7)20-26(12-5)18-24(10-3)16-22/h8-14H2,1-7H3. The van der Waals surface area contributed by atoms with Crippen molar-refractivity contribution in [2.45, 2.75) is 90.8 Å². The average Bonchev–Trinajstić information content (AvgIpc) is 2.73. The summed E-state index contributed by atoms with van der Waals surface area (Å²) in [6.45, 7) is 14.8. The largest absolute Gasteiger partial charge is 0.414 e. The second-order valence-corrected chi connectivity index (χ2v) is 21.7. The van der Waals surface area contributed by atoms with Gasteiger partial charge in [-0.1, -0.05) is 48.5 Å². The Morgan fingerprint density at radius 2 is 0.393 bits per heavy atom. The van der Waals surface area contributed by atoms with Crippen molar-refractivity contribution in [3.63, 3.8) is 0 Å². The quantitative estimate of drug-likeness (QED) is 0.483. The van der Waals surface area contributed by atoms with Crippen LogP contribution in [0.2, 0.25) is 42.3 Å². The van der Waals surface area contributed by atoms with E-state index in [2.05, 4.69) is 48.5 Å². The molecule has 1 aliphatic heterocycles. The van der Waals surface area contributed by atoms with E-state index in [4.69, 9.17) is 28.8 Å². The van der Waals surface area contributed by atoms with Crippen LogP contribution in [-0.4, -0.2) is 65.0 Å². The van der Waals surface area contributed by atoms with Gasteiger partial charge in [-0.25, -0.2) is 0 Å². The summed E-state index contributed by atoms with van der Waals surface area (Å²) in [6.07, 6.45) is 0. The number of hydrogen-bond donors (Lipinski definition) is 0. The Bertz CT molecular complexity index is 289. The highest BCUT2D eigenvalue weighted by Crippen LogP contribution is 2.16. The second kappa shape index (κ2) is 16.0.